The zero-order valence-corrected chi connectivity index (χ0v) is 12.3. The van der Waals surface area contributed by atoms with Crippen LogP contribution >= 0.6 is 11.6 Å². The molecule has 0 unspecified atom stereocenters. The van der Waals surface area contributed by atoms with E-state index in [1.54, 1.807) is 6.07 Å². The molecule has 0 radical (unpaired) electrons. The van der Waals surface area contributed by atoms with Crippen molar-refractivity contribution in [1.82, 2.24) is 4.98 Å². The summed E-state index contributed by atoms with van der Waals surface area (Å²) in [5.41, 5.74) is 1.28. The minimum atomic E-state index is -1.10. The molecule has 2 aromatic carbocycles. The van der Waals surface area contributed by atoms with Crippen molar-refractivity contribution >= 4 is 34.2 Å². The van der Waals surface area contributed by atoms with Crippen molar-refractivity contribution in [1.29, 1.82) is 0 Å². The van der Waals surface area contributed by atoms with Gasteiger partial charge in [-0.1, -0.05) is 23.7 Å². The van der Waals surface area contributed by atoms with Gasteiger partial charge in [0, 0.05) is 22.7 Å². The lowest BCUT2D eigenvalue weighted by molar-refractivity contribution is 0.0697. The summed E-state index contributed by atoms with van der Waals surface area (Å²) in [5.74, 6) is -1.70. The number of halogens is 2. The monoisotopic (exact) mass is 326 g/mol. The predicted molar refractivity (Wildman–Crippen MR) is 85.4 cm³/mol. The van der Waals surface area contributed by atoms with Crippen molar-refractivity contribution in [3.8, 4) is 11.1 Å². The van der Waals surface area contributed by atoms with E-state index in [-0.39, 0.29) is 21.8 Å². The van der Waals surface area contributed by atoms with Gasteiger partial charge in [-0.3, -0.25) is 4.98 Å². The maximum Gasteiger partial charge on any atom is 0.335 e. The molecule has 3 rings (SSSR count). The molecule has 1 N–H and O–H groups in total. The van der Waals surface area contributed by atoms with E-state index in [2.05, 4.69) is 9.83 Å². The number of nitrogens with zero attached hydrogens (tertiary/aromatic N) is 2. The Morgan fingerprint density at radius 2 is 2.04 bits per heavy atom. The van der Waals surface area contributed by atoms with Crippen molar-refractivity contribution < 1.29 is 14.3 Å². The highest BCUT2D eigenvalue weighted by Crippen LogP contribution is 2.37. The van der Waals surface area contributed by atoms with E-state index < -0.39 is 11.8 Å². The molecule has 1 aromatic heterocycles. The second-order valence-corrected chi connectivity index (χ2v) is 5.20. The Labute approximate surface area is 135 Å². The molecule has 0 aliphatic heterocycles. The molecule has 23 heavy (non-hydrogen) atoms. The number of pyridine rings is 1. The fourth-order valence-electron chi connectivity index (χ4n) is 2.35. The fourth-order valence-corrected chi connectivity index (χ4v) is 2.60. The summed E-state index contributed by atoms with van der Waals surface area (Å²) >= 11 is 6.18. The molecule has 0 amide bonds. The van der Waals surface area contributed by atoms with Gasteiger partial charge in [0.25, 0.3) is 0 Å². The highest BCUT2D eigenvalue weighted by molar-refractivity contribution is 6.34. The highest BCUT2D eigenvalue weighted by atomic mass is 35.5. The van der Waals surface area contributed by atoms with Gasteiger partial charge in [-0.25, -0.2) is 14.0 Å². The minimum Gasteiger partial charge on any atom is -0.478 e. The summed E-state index contributed by atoms with van der Waals surface area (Å²) in [5, 5.41) is 9.78. The SMILES string of the molecule is [C-]#[N+]c1ccc(-c2c(Cl)cnc3ccc(C(=O)O)cc23)c(F)c1. The third-order valence-electron chi connectivity index (χ3n) is 3.42. The Balaban J connectivity index is 2.36. The number of carbonyl (C=O) groups is 1. The molecule has 112 valence electrons. The molecular formula is C17H8ClFN2O2. The highest BCUT2D eigenvalue weighted by Gasteiger charge is 2.16. The minimum absolute atomic E-state index is 0.0565. The van der Waals surface area contributed by atoms with Crippen molar-refractivity contribution in [2.45, 2.75) is 0 Å². The van der Waals surface area contributed by atoms with Crippen molar-refractivity contribution in [3.05, 3.63) is 70.4 Å². The van der Waals surface area contributed by atoms with Gasteiger partial charge < -0.3 is 5.11 Å². The number of benzene rings is 2. The standard InChI is InChI=1S/C17H8ClFN2O2/c1-20-10-3-4-11(14(19)7-10)16-12-6-9(17(22)23)2-5-15(12)21-8-13(16)18/h2-8H,(H,22,23). The molecule has 0 bridgehead atoms. The van der Waals surface area contributed by atoms with Crippen LogP contribution in [0.1, 0.15) is 10.4 Å². The molecule has 0 saturated heterocycles. The quantitative estimate of drug-likeness (QED) is 0.678. The van der Waals surface area contributed by atoms with Gasteiger partial charge >= 0.3 is 5.97 Å². The van der Waals surface area contributed by atoms with Crippen LogP contribution in [0.4, 0.5) is 10.1 Å². The first-order valence-corrected chi connectivity index (χ1v) is 6.88. The zero-order valence-electron chi connectivity index (χ0n) is 11.5. The normalized spacial score (nSPS) is 10.5. The molecule has 0 saturated carbocycles. The van der Waals surface area contributed by atoms with Crippen LogP contribution in [0.15, 0.2) is 42.6 Å². The zero-order chi connectivity index (χ0) is 16.6. The largest absolute Gasteiger partial charge is 0.478 e. The average Bonchev–Trinajstić information content (AvgIpc) is 2.54. The first-order chi connectivity index (χ1) is 11.0. The summed E-state index contributed by atoms with van der Waals surface area (Å²) in [6, 6.07) is 8.43. The number of carboxylic acids is 1. The first-order valence-electron chi connectivity index (χ1n) is 6.50. The Kier molecular flexibility index (Phi) is 3.68. The van der Waals surface area contributed by atoms with Gasteiger partial charge in [0.05, 0.1) is 22.7 Å². The van der Waals surface area contributed by atoms with E-state index in [1.165, 1.54) is 30.5 Å². The van der Waals surface area contributed by atoms with Crippen LogP contribution in [0.2, 0.25) is 5.02 Å². The second kappa shape index (κ2) is 5.67. The number of hydrogen-bond donors (Lipinski definition) is 1. The summed E-state index contributed by atoms with van der Waals surface area (Å²) in [6.07, 6.45) is 1.39. The van der Waals surface area contributed by atoms with Gasteiger partial charge in [0.2, 0.25) is 0 Å². The molecule has 0 atom stereocenters. The fraction of sp³-hybridized carbons (Fsp3) is 0. The smallest absolute Gasteiger partial charge is 0.335 e. The molecule has 0 spiro atoms. The molecule has 0 fully saturated rings. The van der Waals surface area contributed by atoms with E-state index in [9.17, 15) is 9.18 Å². The maximum absolute atomic E-state index is 14.4. The second-order valence-electron chi connectivity index (χ2n) is 4.79. The predicted octanol–water partition coefficient (Wildman–Crippen LogP) is 4.94. The van der Waals surface area contributed by atoms with Crippen molar-refractivity contribution in [2.75, 3.05) is 0 Å². The lowest BCUT2D eigenvalue weighted by Gasteiger charge is -2.11. The molecule has 3 aromatic rings. The topological polar surface area (TPSA) is 54.5 Å². The summed E-state index contributed by atoms with van der Waals surface area (Å²) in [7, 11) is 0. The third-order valence-corrected chi connectivity index (χ3v) is 3.71. The Morgan fingerprint density at radius 1 is 1.26 bits per heavy atom. The summed E-state index contributed by atoms with van der Waals surface area (Å²) < 4.78 is 14.4. The number of aromatic nitrogens is 1. The van der Waals surface area contributed by atoms with Gasteiger partial charge in [-0.05, 0) is 24.3 Å². The maximum atomic E-state index is 14.4. The van der Waals surface area contributed by atoms with Gasteiger partial charge in [0.1, 0.15) is 5.82 Å². The van der Waals surface area contributed by atoms with Crippen LogP contribution in [-0.4, -0.2) is 16.1 Å². The molecule has 0 aliphatic carbocycles. The van der Waals surface area contributed by atoms with E-state index >= 15 is 0 Å². The van der Waals surface area contributed by atoms with Gasteiger partial charge in [-0.15, -0.1) is 0 Å². The molecule has 4 nitrogen and oxygen atoms in total. The Bertz CT molecular complexity index is 996. The third kappa shape index (κ3) is 2.60. The van der Waals surface area contributed by atoms with Crippen LogP contribution in [0.5, 0.6) is 0 Å². The lowest BCUT2D eigenvalue weighted by Crippen LogP contribution is -1.97. The van der Waals surface area contributed by atoms with E-state index in [4.69, 9.17) is 23.3 Å². The Hall–Kier alpha value is -2.97. The number of rotatable bonds is 2. The van der Waals surface area contributed by atoms with Crippen LogP contribution in [-0.2, 0) is 0 Å². The van der Waals surface area contributed by atoms with Crippen LogP contribution in [0, 0.1) is 12.4 Å². The average molecular weight is 327 g/mol. The van der Waals surface area contributed by atoms with Gasteiger partial charge in [0.15, 0.2) is 5.69 Å². The van der Waals surface area contributed by atoms with Crippen molar-refractivity contribution in [2.24, 2.45) is 0 Å². The van der Waals surface area contributed by atoms with Crippen LogP contribution < -0.4 is 0 Å². The number of fused-ring (bicyclic) bond motifs is 1. The van der Waals surface area contributed by atoms with Crippen LogP contribution in [0.3, 0.4) is 0 Å². The molecule has 6 heteroatoms. The van der Waals surface area contributed by atoms with Crippen LogP contribution in [0.25, 0.3) is 26.9 Å². The first kappa shape index (κ1) is 14.9. The van der Waals surface area contributed by atoms with E-state index in [0.29, 0.717) is 16.5 Å². The molecular weight excluding hydrogens is 319 g/mol. The lowest BCUT2D eigenvalue weighted by atomic mass is 9.99. The molecule has 0 aliphatic rings. The van der Waals surface area contributed by atoms with E-state index in [1.807, 2.05) is 0 Å². The number of hydrogen-bond acceptors (Lipinski definition) is 2. The van der Waals surface area contributed by atoms with Gasteiger partial charge in [-0.2, -0.15) is 0 Å². The van der Waals surface area contributed by atoms with E-state index in [0.717, 1.165) is 6.07 Å². The Morgan fingerprint density at radius 3 is 2.70 bits per heavy atom. The number of carboxylic acid groups (broad SMARTS) is 1. The van der Waals surface area contributed by atoms with Crippen molar-refractivity contribution in [3.63, 3.8) is 0 Å². The summed E-state index contributed by atoms with van der Waals surface area (Å²) in [6.45, 7) is 6.92. The molecule has 1 heterocycles. The number of aromatic carboxylic acids is 1. The summed E-state index contributed by atoms with van der Waals surface area (Å²) in [4.78, 5) is 18.5.